The minimum atomic E-state index is -4.90. The van der Waals surface area contributed by atoms with Crippen LogP contribution in [-0.4, -0.2) is 35.9 Å². The van der Waals surface area contributed by atoms with E-state index >= 15 is 0 Å². The minimum absolute atomic E-state index is 0.00256. The third-order valence-corrected chi connectivity index (χ3v) is 6.26. The standard InChI is InChI=1S/C21H21F3N4O6S/c1-12(2)3-8-18(29)32-11-17-27-28-20(33-17)19-16(25)9-15(10-26-19)35(30,31)14-6-4-13(5-7-14)34-21(22,23)24/h4-7,9-10,12H,3,8,11,25H2,1-2H3. The maximum atomic E-state index is 12.8. The highest BCUT2D eigenvalue weighted by atomic mass is 32.2. The van der Waals surface area contributed by atoms with Crippen molar-refractivity contribution in [3.8, 4) is 17.3 Å². The molecule has 2 aromatic heterocycles. The van der Waals surface area contributed by atoms with Gasteiger partial charge in [0.15, 0.2) is 12.3 Å². The molecule has 2 N–H and O–H groups in total. The first-order valence-corrected chi connectivity index (χ1v) is 11.7. The summed E-state index contributed by atoms with van der Waals surface area (Å²) in [6.45, 7) is 3.72. The van der Waals surface area contributed by atoms with Crippen LogP contribution in [0.4, 0.5) is 18.9 Å². The highest BCUT2D eigenvalue weighted by Gasteiger charge is 2.31. The fourth-order valence-corrected chi connectivity index (χ4v) is 4.01. The summed E-state index contributed by atoms with van der Waals surface area (Å²) in [5, 5.41) is 7.54. The van der Waals surface area contributed by atoms with Crippen LogP contribution < -0.4 is 10.5 Å². The number of pyridine rings is 1. The SMILES string of the molecule is CC(C)CCC(=O)OCc1nnc(-c2ncc(S(=O)(=O)c3ccc(OC(F)(F)F)cc3)cc2N)o1. The van der Waals surface area contributed by atoms with E-state index in [-0.39, 0.29) is 46.0 Å². The van der Waals surface area contributed by atoms with Crippen LogP contribution in [-0.2, 0) is 26.0 Å². The molecule has 0 aliphatic carbocycles. The Morgan fingerprint density at radius 2 is 1.83 bits per heavy atom. The Bertz CT molecular complexity index is 1290. The lowest BCUT2D eigenvalue weighted by Gasteiger charge is -2.10. The van der Waals surface area contributed by atoms with Gasteiger partial charge in [0, 0.05) is 12.6 Å². The summed E-state index contributed by atoms with van der Waals surface area (Å²) in [7, 11) is -4.15. The quantitative estimate of drug-likeness (QED) is 0.417. The van der Waals surface area contributed by atoms with Gasteiger partial charge in [-0.3, -0.25) is 4.79 Å². The van der Waals surface area contributed by atoms with Crippen molar-refractivity contribution in [2.24, 2.45) is 5.92 Å². The number of sulfone groups is 1. The summed E-state index contributed by atoms with van der Waals surface area (Å²) in [6, 6.07) is 4.79. The van der Waals surface area contributed by atoms with E-state index in [1.54, 1.807) is 0 Å². The van der Waals surface area contributed by atoms with Crippen LogP contribution in [0, 0.1) is 5.92 Å². The number of carbonyl (C=O) groups excluding carboxylic acids is 1. The first kappa shape index (κ1) is 25.9. The molecular formula is C21H21F3N4O6S. The Morgan fingerprint density at radius 1 is 1.14 bits per heavy atom. The van der Waals surface area contributed by atoms with Gasteiger partial charge in [0.2, 0.25) is 9.84 Å². The van der Waals surface area contributed by atoms with Gasteiger partial charge in [-0.2, -0.15) is 0 Å². The summed E-state index contributed by atoms with van der Waals surface area (Å²) in [4.78, 5) is 15.1. The molecule has 0 amide bonds. The van der Waals surface area contributed by atoms with Crippen LogP contribution in [0.5, 0.6) is 5.75 Å². The minimum Gasteiger partial charge on any atom is -0.456 e. The first-order valence-electron chi connectivity index (χ1n) is 10.2. The largest absolute Gasteiger partial charge is 0.573 e. The molecule has 3 aromatic rings. The number of hydrogen-bond acceptors (Lipinski definition) is 10. The summed E-state index contributed by atoms with van der Waals surface area (Å²) in [5.41, 5.74) is 5.83. The van der Waals surface area contributed by atoms with Crippen LogP contribution in [0.2, 0.25) is 0 Å². The van der Waals surface area contributed by atoms with Gasteiger partial charge in [0.05, 0.1) is 15.5 Å². The van der Waals surface area contributed by atoms with E-state index in [2.05, 4.69) is 19.9 Å². The van der Waals surface area contributed by atoms with Crippen LogP contribution in [0.3, 0.4) is 0 Å². The van der Waals surface area contributed by atoms with E-state index in [1.807, 2.05) is 13.8 Å². The van der Waals surface area contributed by atoms with Gasteiger partial charge in [0.1, 0.15) is 5.75 Å². The van der Waals surface area contributed by atoms with Gasteiger partial charge in [-0.25, -0.2) is 13.4 Å². The van der Waals surface area contributed by atoms with Crippen molar-refractivity contribution in [3.05, 3.63) is 42.4 Å². The summed E-state index contributed by atoms with van der Waals surface area (Å²) in [6.07, 6.45) is -2.98. The molecule has 0 bridgehead atoms. The molecule has 0 saturated carbocycles. The topological polar surface area (TPSA) is 148 Å². The normalized spacial score (nSPS) is 12.1. The van der Waals surface area contributed by atoms with Crippen molar-refractivity contribution in [2.45, 2.75) is 49.4 Å². The number of rotatable bonds is 9. The van der Waals surface area contributed by atoms with Crippen molar-refractivity contribution in [1.29, 1.82) is 0 Å². The van der Waals surface area contributed by atoms with Crippen LogP contribution >= 0.6 is 0 Å². The zero-order chi connectivity index (χ0) is 25.8. The Hall–Kier alpha value is -3.68. The number of nitrogens with zero attached hydrogens (tertiary/aromatic N) is 3. The Balaban J connectivity index is 1.72. The smallest absolute Gasteiger partial charge is 0.456 e. The van der Waals surface area contributed by atoms with Gasteiger partial charge >= 0.3 is 12.3 Å². The molecule has 0 fully saturated rings. The van der Waals surface area contributed by atoms with E-state index in [1.165, 1.54) is 0 Å². The van der Waals surface area contributed by atoms with Crippen LogP contribution in [0.1, 0.15) is 32.6 Å². The number of esters is 1. The third-order valence-electron chi connectivity index (χ3n) is 4.52. The number of ether oxygens (including phenoxy) is 2. The zero-order valence-electron chi connectivity index (χ0n) is 18.6. The molecule has 2 heterocycles. The lowest BCUT2D eigenvalue weighted by molar-refractivity contribution is -0.274. The molecule has 1 aromatic carbocycles. The second-order valence-corrected chi connectivity index (χ2v) is 9.68. The second kappa shape index (κ2) is 10.3. The fourth-order valence-electron chi connectivity index (χ4n) is 2.77. The van der Waals surface area contributed by atoms with Crippen molar-refractivity contribution >= 4 is 21.5 Å². The molecule has 0 aliphatic rings. The number of hydrogen-bond donors (Lipinski definition) is 1. The molecule has 0 unspecified atom stereocenters. The number of alkyl halides is 3. The molecule has 0 spiro atoms. The van der Waals surface area contributed by atoms with Gasteiger partial charge in [-0.05, 0) is 42.7 Å². The van der Waals surface area contributed by atoms with E-state index in [0.717, 1.165) is 36.5 Å². The molecule has 0 atom stereocenters. The Labute approximate surface area is 198 Å². The number of nitrogens with two attached hydrogens (primary N) is 1. The number of nitrogen functional groups attached to an aromatic ring is 1. The van der Waals surface area contributed by atoms with E-state index in [4.69, 9.17) is 14.9 Å². The number of benzene rings is 1. The second-order valence-electron chi connectivity index (χ2n) is 7.73. The lowest BCUT2D eigenvalue weighted by Crippen LogP contribution is -2.17. The molecule has 35 heavy (non-hydrogen) atoms. The molecule has 0 aliphatic heterocycles. The van der Waals surface area contributed by atoms with Crippen LogP contribution in [0.25, 0.3) is 11.6 Å². The maximum absolute atomic E-state index is 12.8. The van der Waals surface area contributed by atoms with E-state index in [0.29, 0.717) is 12.3 Å². The number of aromatic nitrogens is 3. The predicted molar refractivity (Wildman–Crippen MR) is 114 cm³/mol. The summed E-state index contributed by atoms with van der Waals surface area (Å²) in [5.74, 6) is -0.752. The molecule has 14 heteroatoms. The number of anilines is 1. The van der Waals surface area contributed by atoms with E-state index < -0.39 is 27.9 Å². The molecule has 10 nitrogen and oxygen atoms in total. The zero-order valence-corrected chi connectivity index (χ0v) is 19.4. The van der Waals surface area contributed by atoms with Gasteiger partial charge in [-0.1, -0.05) is 13.8 Å². The van der Waals surface area contributed by atoms with Crippen molar-refractivity contribution in [3.63, 3.8) is 0 Å². The van der Waals surface area contributed by atoms with Gasteiger partial charge in [-0.15, -0.1) is 23.4 Å². The number of halogens is 3. The molecule has 0 radical (unpaired) electrons. The van der Waals surface area contributed by atoms with Crippen LogP contribution in [0.15, 0.2) is 50.7 Å². The Kier molecular flexibility index (Phi) is 7.63. The average molecular weight is 514 g/mol. The number of carbonyl (C=O) groups is 1. The summed E-state index contributed by atoms with van der Waals surface area (Å²) >= 11 is 0. The Morgan fingerprint density at radius 3 is 2.43 bits per heavy atom. The monoisotopic (exact) mass is 514 g/mol. The molecule has 0 saturated heterocycles. The lowest BCUT2D eigenvalue weighted by atomic mass is 10.1. The van der Waals surface area contributed by atoms with E-state index in [9.17, 15) is 26.4 Å². The van der Waals surface area contributed by atoms with Gasteiger partial charge in [0.25, 0.3) is 11.8 Å². The average Bonchev–Trinajstić information content (AvgIpc) is 3.24. The van der Waals surface area contributed by atoms with Crippen molar-refractivity contribution in [2.75, 3.05) is 5.73 Å². The van der Waals surface area contributed by atoms with Crippen molar-refractivity contribution < 1.29 is 40.3 Å². The van der Waals surface area contributed by atoms with Crippen molar-refractivity contribution in [1.82, 2.24) is 15.2 Å². The highest BCUT2D eigenvalue weighted by Crippen LogP contribution is 2.29. The fraction of sp³-hybridized carbons (Fsp3) is 0.333. The molecular weight excluding hydrogens is 493 g/mol. The molecule has 3 rings (SSSR count). The first-order chi connectivity index (χ1) is 16.3. The summed E-state index contributed by atoms with van der Waals surface area (Å²) < 4.78 is 76.7. The third kappa shape index (κ3) is 6.91. The predicted octanol–water partition coefficient (Wildman–Crippen LogP) is 3.92. The van der Waals surface area contributed by atoms with Gasteiger partial charge < -0.3 is 19.6 Å². The maximum Gasteiger partial charge on any atom is 0.573 e. The highest BCUT2D eigenvalue weighted by molar-refractivity contribution is 7.91. The molecule has 188 valence electrons.